The molecule has 0 atom stereocenters. The number of anilines is 1. The molecule has 1 aromatic carbocycles. The van der Waals surface area contributed by atoms with Crippen LogP contribution in [0.15, 0.2) is 32.9 Å². The number of halogens is 2. The highest BCUT2D eigenvalue weighted by molar-refractivity contribution is 9.10. The SMILES string of the molecule is Cc1cc(Br)c(NS(=O)(=O)c2ccc(CO)s2)cc1Cl. The van der Waals surface area contributed by atoms with E-state index in [1.165, 1.54) is 6.07 Å². The van der Waals surface area contributed by atoms with Crippen LogP contribution in [-0.4, -0.2) is 13.5 Å². The zero-order valence-corrected chi connectivity index (χ0v) is 14.3. The maximum Gasteiger partial charge on any atom is 0.271 e. The number of aliphatic hydroxyl groups excluding tert-OH is 1. The monoisotopic (exact) mass is 395 g/mol. The molecule has 4 nitrogen and oxygen atoms in total. The normalized spacial score (nSPS) is 11.6. The van der Waals surface area contributed by atoms with Crippen molar-refractivity contribution in [2.75, 3.05) is 4.72 Å². The van der Waals surface area contributed by atoms with Crippen LogP contribution < -0.4 is 4.72 Å². The predicted molar refractivity (Wildman–Crippen MR) is 84.9 cm³/mol. The van der Waals surface area contributed by atoms with E-state index >= 15 is 0 Å². The van der Waals surface area contributed by atoms with Gasteiger partial charge in [0.05, 0.1) is 12.3 Å². The fourth-order valence-corrected chi connectivity index (χ4v) is 4.65. The van der Waals surface area contributed by atoms with Gasteiger partial charge in [-0.1, -0.05) is 11.6 Å². The van der Waals surface area contributed by atoms with E-state index in [0.29, 0.717) is 20.1 Å². The molecule has 0 saturated carbocycles. The van der Waals surface area contributed by atoms with Gasteiger partial charge in [-0.05, 0) is 52.7 Å². The molecule has 0 radical (unpaired) electrons. The number of aryl methyl sites for hydroxylation is 1. The van der Waals surface area contributed by atoms with Crippen molar-refractivity contribution in [3.8, 4) is 0 Å². The molecule has 0 aliphatic carbocycles. The second-order valence-corrected chi connectivity index (χ2v) is 8.40. The molecule has 108 valence electrons. The van der Waals surface area contributed by atoms with Gasteiger partial charge in [0.15, 0.2) is 0 Å². The first-order valence-electron chi connectivity index (χ1n) is 5.51. The van der Waals surface area contributed by atoms with Crippen molar-refractivity contribution in [2.45, 2.75) is 17.7 Å². The number of sulfonamides is 1. The van der Waals surface area contributed by atoms with Crippen LogP contribution in [0.2, 0.25) is 5.02 Å². The van der Waals surface area contributed by atoms with Crippen LogP contribution in [0.1, 0.15) is 10.4 Å². The molecule has 1 heterocycles. The maximum absolute atomic E-state index is 12.2. The zero-order valence-electron chi connectivity index (χ0n) is 10.4. The molecule has 0 saturated heterocycles. The van der Waals surface area contributed by atoms with E-state index in [1.807, 2.05) is 6.92 Å². The van der Waals surface area contributed by atoms with Crippen molar-refractivity contribution in [1.82, 2.24) is 0 Å². The third-order valence-electron chi connectivity index (χ3n) is 2.55. The number of hydrogen-bond donors (Lipinski definition) is 2. The molecule has 1 aromatic heterocycles. The number of benzene rings is 1. The summed E-state index contributed by atoms with van der Waals surface area (Å²) < 4.78 is 27.7. The standard InChI is InChI=1S/C12H11BrClNO3S2/c1-7-4-9(13)11(5-10(7)14)15-20(17,18)12-3-2-8(6-16)19-12/h2-5,15-16H,6H2,1H3. The van der Waals surface area contributed by atoms with Crippen molar-refractivity contribution in [2.24, 2.45) is 0 Å². The molecule has 0 fully saturated rings. The molecule has 0 bridgehead atoms. The molecular formula is C12H11BrClNO3S2. The number of nitrogens with one attached hydrogen (secondary N) is 1. The summed E-state index contributed by atoms with van der Waals surface area (Å²) in [6, 6.07) is 6.34. The van der Waals surface area contributed by atoms with Crippen LogP contribution in [0.5, 0.6) is 0 Å². The van der Waals surface area contributed by atoms with Crippen molar-refractivity contribution >= 4 is 54.6 Å². The largest absolute Gasteiger partial charge is 0.391 e. The third kappa shape index (κ3) is 3.35. The van der Waals surface area contributed by atoms with E-state index in [4.69, 9.17) is 16.7 Å². The van der Waals surface area contributed by atoms with Gasteiger partial charge < -0.3 is 5.11 Å². The zero-order chi connectivity index (χ0) is 14.9. The summed E-state index contributed by atoms with van der Waals surface area (Å²) >= 11 is 10.3. The van der Waals surface area contributed by atoms with Crippen LogP contribution in [0, 0.1) is 6.92 Å². The summed E-state index contributed by atoms with van der Waals surface area (Å²) in [7, 11) is -3.69. The van der Waals surface area contributed by atoms with Crippen LogP contribution in [0.25, 0.3) is 0 Å². The van der Waals surface area contributed by atoms with E-state index in [-0.39, 0.29) is 10.8 Å². The van der Waals surface area contributed by atoms with E-state index in [9.17, 15) is 8.42 Å². The lowest BCUT2D eigenvalue weighted by molar-refractivity contribution is 0.285. The Labute approximate surface area is 134 Å². The first-order valence-corrected chi connectivity index (χ1v) is 8.98. The molecule has 0 spiro atoms. The summed E-state index contributed by atoms with van der Waals surface area (Å²) in [5, 5.41) is 9.47. The first kappa shape index (κ1) is 15.8. The Balaban J connectivity index is 2.35. The summed E-state index contributed by atoms with van der Waals surface area (Å²) in [5.74, 6) is 0. The van der Waals surface area contributed by atoms with Gasteiger partial charge in [-0.2, -0.15) is 0 Å². The number of rotatable bonds is 4. The molecule has 2 rings (SSSR count). The topological polar surface area (TPSA) is 66.4 Å². The Morgan fingerprint density at radius 2 is 2.10 bits per heavy atom. The van der Waals surface area contributed by atoms with Crippen LogP contribution >= 0.6 is 38.9 Å². The van der Waals surface area contributed by atoms with Crippen molar-refractivity contribution in [3.05, 3.63) is 44.2 Å². The third-order valence-corrected chi connectivity index (χ3v) is 6.54. The van der Waals surface area contributed by atoms with Crippen molar-refractivity contribution < 1.29 is 13.5 Å². The second kappa shape index (κ2) is 6.03. The van der Waals surface area contributed by atoms with E-state index in [2.05, 4.69) is 20.7 Å². The molecular weight excluding hydrogens is 386 g/mol. The minimum Gasteiger partial charge on any atom is -0.391 e. The van der Waals surface area contributed by atoms with Crippen molar-refractivity contribution in [1.29, 1.82) is 0 Å². The molecule has 8 heteroatoms. The quantitative estimate of drug-likeness (QED) is 0.827. The van der Waals surface area contributed by atoms with E-state index in [0.717, 1.165) is 16.9 Å². The van der Waals surface area contributed by atoms with Gasteiger partial charge in [0.25, 0.3) is 10.0 Å². The van der Waals surface area contributed by atoms with E-state index < -0.39 is 10.0 Å². The Hall–Kier alpha value is -0.600. The smallest absolute Gasteiger partial charge is 0.271 e. The fraction of sp³-hybridized carbons (Fsp3) is 0.167. The molecule has 2 aromatic rings. The number of thiophene rings is 1. The average Bonchev–Trinajstić information content (AvgIpc) is 2.85. The van der Waals surface area contributed by atoms with Crippen LogP contribution in [0.3, 0.4) is 0 Å². The molecule has 0 unspecified atom stereocenters. The molecule has 2 N–H and O–H groups in total. The Kier molecular flexibility index (Phi) is 4.76. The molecule has 0 aliphatic rings. The number of aliphatic hydroxyl groups is 1. The Morgan fingerprint density at radius 3 is 2.70 bits per heavy atom. The Morgan fingerprint density at radius 1 is 1.40 bits per heavy atom. The highest BCUT2D eigenvalue weighted by atomic mass is 79.9. The van der Waals surface area contributed by atoms with Gasteiger partial charge in [0.1, 0.15) is 4.21 Å². The van der Waals surface area contributed by atoms with Crippen LogP contribution in [0.4, 0.5) is 5.69 Å². The summed E-state index contributed by atoms with van der Waals surface area (Å²) in [6.45, 7) is 1.65. The first-order chi connectivity index (χ1) is 9.33. The van der Waals surface area contributed by atoms with Gasteiger partial charge in [-0.15, -0.1) is 11.3 Å². The molecule has 20 heavy (non-hydrogen) atoms. The van der Waals surface area contributed by atoms with Gasteiger partial charge in [-0.3, -0.25) is 4.72 Å². The second-order valence-electron chi connectivity index (χ2n) is 4.07. The van der Waals surface area contributed by atoms with Gasteiger partial charge >= 0.3 is 0 Å². The highest BCUT2D eigenvalue weighted by Gasteiger charge is 2.18. The lowest BCUT2D eigenvalue weighted by Gasteiger charge is -2.10. The highest BCUT2D eigenvalue weighted by Crippen LogP contribution is 2.32. The fourth-order valence-electron chi connectivity index (χ4n) is 1.51. The van der Waals surface area contributed by atoms with Gasteiger partial charge in [0, 0.05) is 14.4 Å². The maximum atomic E-state index is 12.2. The summed E-state index contributed by atoms with van der Waals surface area (Å²) in [5.41, 5.74) is 1.22. The molecule has 0 aliphatic heterocycles. The number of hydrogen-bond acceptors (Lipinski definition) is 4. The lowest BCUT2D eigenvalue weighted by atomic mass is 10.2. The van der Waals surface area contributed by atoms with Crippen LogP contribution in [-0.2, 0) is 16.6 Å². The summed E-state index contributed by atoms with van der Waals surface area (Å²) in [6.07, 6.45) is 0. The minimum atomic E-state index is -3.69. The Bertz CT molecular complexity index is 743. The predicted octanol–water partition coefficient (Wildman–Crippen LogP) is 3.77. The van der Waals surface area contributed by atoms with Gasteiger partial charge in [-0.25, -0.2) is 8.42 Å². The minimum absolute atomic E-state index is 0.144. The lowest BCUT2D eigenvalue weighted by Crippen LogP contribution is -2.12. The molecule has 0 amide bonds. The van der Waals surface area contributed by atoms with Crippen molar-refractivity contribution in [3.63, 3.8) is 0 Å². The summed E-state index contributed by atoms with van der Waals surface area (Å²) in [4.78, 5) is 0.589. The van der Waals surface area contributed by atoms with Gasteiger partial charge in [0.2, 0.25) is 0 Å². The van der Waals surface area contributed by atoms with E-state index in [1.54, 1.807) is 18.2 Å². The average molecular weight is 397 g/mol.